The van der Waals surface area contributed by atoms with Crippen molar-refractivity contribution in [3.05, 3.63) is 45.9 Å². The zero-order valence-electron chi connectivity index (χ0n) is 14.8. The number of hydrogen-bond acceptors (Lipinski definition) is 5. The predicted molar refractivity (Wildman–Crippen MR) is 101 cm³/mol. The number of guanidine groups is 1. The molecule has 0 radical (unpaired) electrons. The fourth-order valence-electron chi connectivity index (χ4n) is 2.27. The molecule has 0 aliphatic heterocycles. The van der Waals surface area contributed by atoms with E-state index in [1.807, 2.05) is 24.3 Å². The third-order valence-electron chi connectivity index (χ3n) is 3.59. The minimum atomic E-state index is -3.41. The summed E-state index contributed by atoms with van der Waals surface area (Å²) in [5.41, 5.74) is 1.98. The van der Waals surface area contributed by atoms with Crippen LogP contribution in [0.2, 0.25) is 0 Å². The second-order valence-corrected chi connectivity index (χ2v) is 8.41. The molecule has 0 spiro atoms. The van der Waals surface area contributed by atoms with Crippen molar-refractivity contribution in [3.63, 3.8) is 0 Å². The Bertz CT molecular complexity index is 828. The van der Waals surface area contributed by atoms with Gasteiger partial charge in [-0.05, 0) is 31.7 Å². The first-order valence-electron chi connectivity index (χ1n) is 7.71. The lowest BCUT2D eigenvalue weighted by Gasteiger charge is -2.21. The maximum absolute atomic E-state index is 11.7. The van der Waals surface area contributed by atoms with Crippen LogP contribution in [-0.4, -0.2) is 45.4 Å². The van der Waals surface area contributed by atoms with Gasteiger partial charge in [-0.15, -0.1) is 11.3 Å². The third-order valence-corrected chi connectivity index (χ3v) is 5.84. The summed E-state index contributed by atoms with van der Waals surface area (Å²) in [6, 6.07) is 6.75. The number of nitrogens with zero attached hydrogens (tertiary/aromatic N) is 3. The Kier molecular flexibility index (Phi) is 6.51. The summed E-state index contributed by atoms with van der Waals surface area (Å²) in [4.78, 5) is 11.0. The first-order valence-corrected chi connectivity index (χ1v) is 10.1. The summed E-state index contributed by atoms with van der Waals surface area (Å²) in [6.07, 6.45) is 0. The molecule has 2 rings (SSSR count). The number of aromatic nitrogens is 1. The predicted octanol–water partition coefficient (Wildman–Crippen LogP) is 1.57. The van der Waals surface area contributed by atoms with Gasteiger partial charge in [0.25, 0.3) is 0 Å². The van der Waals surface area contributed by atoms with E-state index in [1.54, 1.807) is 42.6 Å². The van der Waals surface area contributed by atoms with Crippen molar-refractivity contribution in [3.8, 4) is 0 Å². The highest BCUT2D eigenvalue weighted by Gasteiger charge is 2.11. The van der Waals surface area contributed by atoms with Crippen LogP contribution in [0.1, 0.15) is 16.3 Å². The molecule has 1 heterocycles. The molecule has 136 valence electrons. The van der Waals surface area contributed by atoms with Crippen molar-refractivity contribution in [2.75, 3.05) is 21.1 Å². The Morgan fingerprint density at radius 2 is 2.00 bits per heavy atom. The maximum Gasteiger partial charge on any atom is 0.240 e. The van der Waals surface area contributed by atoms with Gasteiger partial charge in [-0.2, -0.15) is 0 Å². The minimum Gasteiger partial charge on any atom is -0.352 e. The highest BCUT2D eigenvalue weighted by atomic mass is 32.2. The molecule has 2 N–H and O–H groups in total. The summed E-state index contributed by atoms with van der Waals surface area (Å²) in [7, 11) is 1.67. The van der Waals surface area contributed by atoms with E-state index in [9.17, 15) is 8.42 Å². The van der Waals surface area contributed by atoms with Crippen molar-refractivity contribution in [1.29, 1.82) is 0 Å². The van der Waals surface area contributed by atoms with Crippen LogP contribution in [0, 0.1) is 6.92 Å². The number of nitrogens with one attached hydrogen (secondary N) is 2. The summed E-state index contributed by atoms with van der Waals surface area (Å²) in [5, 5.41) is 6.36. The van der Waals surface area contributed by atoms with Gasteiger partial charge < -0.3 is 10.2 Å². The van der Waals surface area contributed by atoms with E-state index >= 15 is 0 Å². The van der Waals surface area contributed by atoms with Crippen LogP contribution in [0.4, 0.5) is 0 Å². The van der Waals surface area contributed by atoms with E-state index in [0.29, 0.717) is 13.1 Å². The second kappa shape index (κ2) is 8.41. The van der Waals surface area contributed by atoms with Crippen molar-refractivity contribution in [2.24, 2.45) is 4.99 Å². The van der Waals surface area contributed by atoms with E-state index in [-0.39, 0.29) is 4.90 Å². The van der Waals surface area contributed by atoms with Gasteiger partial charge in [0.2, 0.25) is 10.0 Å². The van der Waals surface area contributed by atoms with Gasteiger partial charge in [0.05, 0.1) is 22.1 Å². The average Bonchev–Trinajstić information content (AvgIpc) is 3.00. The number of benzene rings is 1. The number of thiazole rings is 1. The van der Waals surface area contributed by atoms with Crippen LogP contribution in [0.15, 0.2) is 39.5 Å². The van der Waals surface area contributed by atoms with E-state index in [1.165, 1.54) is 7.05 Å². The lowest BCUT2D eigenvalue weighted by molar-refractivity contribution is 0.470. The molecule has 1 aromatic carbocycles. The van der Waals surface area contributed by atoms with Gasteiger partial charge in [0, 0.05) is 26.0 Å². The second-order valence-electron chi connectivity index (χ2n) is 5.47. The monoisotopic (exact) mass is 381 g/mol. The molecular formula is C16H23N5O2S2. The van der Waals surface area contributed by atoms with E-state index < -0.39 is 10.0 Å². The van der Waals surface area contributed by atoms with Crippen LogP contribution in [0.5, 0.6) is 0 Å². The third kappa shape index (κ3) is 5.25. The number of hydrogen-bond donors (Lipinski definition) is 2. The Labute approximate surface area is 152 Å². The molecule has 7 nitrogen and oxygen atoms in total. The Morgan fingerprint density at radius 3 is 2.52 bits per heavy atom. The first kappa shape index (κ1) is 19.4. The zero-order chi connectivity index (χ0) is 18.4. The molecular weight excluding hydrogens is 358 g/mol. The molecule has 2 aromatic rings. The fraction of sp³-hybridized carbons (Fsp3) is 0.375. The number of sulfonamides is 1. The van der Waals surface area contributed by atoms with Gasteiger partial charge in [0.15, 0.2) is 5.96 Å². The maximum atomic E-state index is 11.7. The summed E-state index contributed by atoms with van der Waals surface area (Å²) in [5.74, 6) is 0.748. The zero-order valence-corrected chi connectivity index (χ0v) is 16.4. The summed E-state index contributed by atoms with van der Waals surface area (Å²) < 4.78 is 25.8. The molecule has 0 aliphatic carbocycles. The van der Waals surface area contributed by atoms with Gasteiger partial charge in [-0.1, -0.05) is 12.1 Å². The average molecular weight is 382 g/mol. The summed E-state index contributed by atoms with van der Waals surface area (Å²) >= 11 is 1.63. The van der Waals surface area contributed by atoms with Gasteiger partial charge in [0.1, 0.15) is 0 Å². The van der Waals surface area contributed by atoms with Gasteiger partial charge in [-0.3, -0.25) is 4.99 Å². The molecule has 0 amide bonds. The lowest BCUT2D eigenvalue weighted by Crippen LogP contribution is -2.38. The minimum absolute atomic E-state index is 0.249. The quantitative estimate of drug-likeness (QED) is 0.586. The summed E-state index contributed by atoms with van der Waals surface area (Å²) in [6.45, 7) is 3.20. The van der Waals surface area contributed by atoms with Crippen LogP contribution in [0.25, 0.3) is 0 Å². The first-order chi connectivity index (χ1) is 11.9. The molecule has 0 saturated heterocycles. The molecule has 25 heavy (non-hydrogen) atoms. The van der Waals surface area contributed by atoms with Crippen LogP contribution < -0.4 is 10.0 Å². The Morgan fingerprint density at radius 1 is 1.32 bits per heavy atom. The van der Waals surface area contributed by atoms with Gasteiger partial charge >= 0.3 is 0 Å². The fourth-order valence-corrected chi connectivity index (χ4v) is 3.60. The largest absolute Gasteiger partial charge is 0.352 e. The number of aliphatic imine (C=N–C) groups is 1. The van der Waals surface area contributed by atoms with E-state index in [0.717, 1.165) is 22.2 Å². The highest BCUT2D eigenvalue weighted by molar-refractivity contribution is 7.89. The van der Waals surface area contributed by atoms with Crippen molar-refractivity contribution in [2.45, 2.75) is 24.9 Å². The van der Waals surface area contributed by atoms with Crippen LogP contribution in [0.3, 0.4) is 0 Å². The van der Waals surface area contributed by atoms with E-state index in [2.05, 4.69) is 20.0 Å². The smallest absolute Gasteiger partial charge is 0.240 e. The Hall–Kier alpha value is -1.97. The molecule has 0 fully saturated rings. The molecule has 1 aromatic heterocycles. The number of rotatable bonds is 6. The topological polar surface area (TPSA) is 86.7 Å². The normalized spacial score (nSPS) is 12.2. The molecule has 0 aliphatic rings. The molecule has 0 unspecified atom stereocenters. The Balaban J connectivity index is 1.96. The molecule has 9 heteroatoms. The van der Waals surface area contributed by atoms with Crippen molar-refractivity contribution >= 4 is 27.3 Å². The van der Waals surface area contributed by atoms with Crippen molar-refractivity contribution < 1.29 is 8.42 Å². The highest BCUT2D eigenvalue weighted by Crippen LogP contribution is 2.11. The number of aryl methyl sites for hydroxylation is 1. The van der Waals surface area contributed by atoms with Gasteiger partial charge in [-0.25, -0.2) is 18.1 Å². The SMILES string of the molecule is CN=C(NCc1ccc(S(=O)(=O)NC)cc1)N(C)Cc1csc(C)n1. The van der Waals surface area contributed by atoms with E-state index in [4.69, 9.17) is 0 Å². The molecule has 0 bridgehead atoms. The lowest BCUT2D eigenvalue weighted by atomic mass is 10.2. The van der Waals surface area contributed by atoms with Crippen molar-refractivity contribution in [1.82, 2.24) is 19.9 Å². The standard InChI is InChI=1S/C16H23N5O2S2/c1-12-20-14(11-24-12)10-21(4)16(17-2)19-9-13-5-7-15(8-6-13)25(22,23)18-3/h5-8,11,18H,9-10H2,1-4H3,(H,17,19). The van der Waals surface area contributed by atoms with Crippen LogP contribution in [-0.2, 0) is 23.1 Å². The molecule has 0 atom stereocenters. The van der Waals surface area contributed by atoms with Crippen LogP contribution >= 0.6 is 11.3 Å². The molecule has 0 saturated carbocycles.